The Labute approximate surface area is 206 Å². The predicted molar refractivity (Wildman–Crippen MR) is 137 cm³/mol. The summed E-state index contributed by atoms with van der Waals surface area (Å²) in [7, 11) is 1.84. The Balaban J connectivity index is 0.00000324. The van der Waals surface area contributed by atoms with Gasteiger partial charge in [0, 0.05) is 24.8 Å². The number of rotatable bonds is 8. The van der Waals surface area contributed by atoms with Crippen LogP contribution in [0.4, 0.5) is 0 Å². The van der Waals surface area contributed by atoms with Gasteiger partial charge in [-0.15, -0.1) is 12.4 Å². The van der Waals surface area contributed by atoms with Crippen LogP contribution in [0.3, 0.4) is 0 Å². The van der Waals surface area contributed by atoms with E-state index >= 15 is 0 Å². The zero-order valence-corrected chi connectivity index (χ0v) is 20.1. The van der Waals surface area contributed by atoms with Crippen molar-refractivity contribution >= 4 is 18.4 Å². The third-order valence-corrected chi connectivity index (χ3v) is 5.46. The predicted octanol–water partition coefficient (Wildman–Crippen LogP) is 6.07. The Hall–Kier alpha value is -3.54. The second-order valence-corrected chi connectivity index (χ2v) is 8.14. The van der Waals surface area contributed by atoms with Gasteiger partial charge in [0.15, 0.2) is 0 Å². The van der Waals surface area contributed by atoms with Gasteiger partial charge in [0.1, 0.15) is 24.7 Å². The van der Waals surface area contributed by atoms with Crippen molar-refractivity contribution in [2.75, 3.05) is 0 Å². The summed E-state index contributed by atoms with van der Waals surface area (Å²) in [5.41, 5.74) is 11.5. The summed E-state index contributed by atoms with van der Waals surface area (Å²) in [6.45, 7) is 2.64. The van der Waals surface area contributed by atoms with Gasteiger partial charge in [-0.05, 0) is 53.4 Å². The molecule has 0 fully saturated rings. The Morgan fingerprint density at radius 2 is 1.50 bits per heavy atom. The van der Waals surface area contributed by atoms with E-state index in [1.54, 1.807) is 4.57 Å². The molecule has 0 saturated heterocycles. The van der Waals surface area contributed by atoms with E-state index in [4.69, 9.17) is 15.2 Å². The molecule has 3 aromatic carbocycles. The Bertz CT molecular complexity index is 1220. The first-order valence-electron chi connectivity index (χ1n) is 10.9. The number of esters is 1. The number of nitrogens with zero attached hydrogens (tertiary/aromatic N) is 1. The van der Waals surface area contributed by atoms with Crippen molar-refractivity contribution < 1.29 is 14.3 Å². The van der Waals surface area contributed by atoms with Crippen LogP contribution in [-0.2, 0) is 25.0 Å². The van der Waals surface area contributed by atoms with Gasteiger partial charge in [-0.1, -0.05) is 60.7 Å². The molecule has 0 spiro atoms. The molecule has 2 N–H and O–H groups in total. The molecule has 1 atom stereocenters. The van der Waals surface area contributed by atoms with Gasteiger partial charge in [0.05, 0.1) is 0 Å². The van der Waals surface area contributed by atoms with Crippen molar-refractivity contribution in [3.63, 3.8) is 0 Å². The van der Waals surface area contributed by atoms with E-state index in [0.29, 0.717) is 12.3 Å². The molecule has 1 aromatic heterocycles. The number of aromatic nitrogens is 1. The fraction of sp³-hybridized carbons (Fsp3) is 0.179. The normalized spacial score (nSPS) is 11.4. The van der Waals surface area contributed by atoms with Crippen LogP contribution in [0.1, 0.15) is 40.1 Å². The smallest absolute Gasteiger partial charge is 0.355 e. The summed E-state index contributed by atoms with van der Waals surface area (Å²) in [6.07, 6.45) is 1.92. The van der Waals surface area contributed by atoms with Crippen molar-refractivity contribution in [1.82, 2.24) is 4.57 Å². The standard InChI is InChI=1S/C28H28N2O3.ClH/c1-20(29)23-13-24(15-26(14-23)32-18-21-9-5-3-6-10-21)25-16-27(30(2)17-25)28(31)33-19-22-11-7-4-8-12-22;/h3-17,20H,18-19,29H2,1-2H3;1H/t20-;/m1./s1. The SMILES string of the molecule is C[C@@H](N)c1cc(OCc2ccccc2)cc(-c2cc(C(=O)OCc3ccccc3)n(C)c2)c1.Cl. The van der Waals surface area contributed by atoms with E-state index in [0.717, 1.165) is 33.6 Å². The van der Waals surface area contributed by atoms with E-state index in [1.807, 2.05) is 105 Å². The topological polar surface area (TPSA) is 66.5 Å². The molecular formula is C28H29ClN2O3. The quantitative estimate of drug-likeness (QED) is 0.313. The highest BCUT2D eigenvalue weighted by molar-refractivity contribution is 5.90. The van der Waals surface area contributed by atoms with Crippen LogP contribution in [0.2, 0.25) is 0 Å². The number of ether oxygens (including phenoxy) is 2. The Morgan fingerprint density at radius 3 is 2.12 bits per heavy atom. The van der Waals surface area contributed by atoms with Crippen LogP contribution in [0.25, 0.3) is 11.1 Å². The third kappa shape index (κ3) is 6.28. The molecule has 4 rings (SSSR count). The van der Waals surface area contributed by atoms with Crippen LogP contribution in [-0.4, -0.2) is 10.5 Å². The Morgan fingerprint density at radius 1 is 0.882 bits per heavy atom. The van der Waals surface area contributed by atoms with Crippen LogP contribution in [0.5, 0.6) is 5.75 Å². The van der Waals surface area contributed by atoms with Crippen LogP contribution in [0.15, 0.2) is 91.1 Å². The first-order chi connectivity index (χ1) is 16.0. The lowest BCUT2D eigenvalue weighted by Gasteiger charge is -2.13. The van der Waals surface area contributed by atoms with Crippen molar-refractivity contribution in [3.8, 4) is 16.9 Å². The zero-order valence-electron chi connectivity index (χ0n) is 19.3. The lowest BCUT2D eigenvalue weighted by Crippen LogP contribution is -2.09. The molecule has 4 aromatic rings. The molecule has 176 valence electrons. The number of halogens is 1. The number of aryl methyl sites for hydroxylation is 1. The van der Waals surface area contributed by atoms with E-state index in [2.05, 4.69) is 0 Å². The monoisotopic (exact) mass is 476 g/mol. The molecular weight excluding hydrogens is 448 g/mol. The lowest BCUT2D eigenvalue weighted by molar-refractivity contribution is 0.0461. The largest absolute Gasteiger partial charge is 0.489 e. The molecule has 5 nitrogen and oxygen atoms in total. The summed E-state index contributed by atoms with van der Waals surface area (Å²) < 4.78 is 13.4. The molecule has 0 aliphatic carbocycles. The molecule has 0 radical (unpaired) electrons. The lowest BCUT2D eigenvalue weighted by atomic mass is 10.0. The van der Waals surface area contributed by atoms with Gasteiger partial charge < -0.3 is 19.8 Å². The highest BCUT2D eigenvalue weighted by Gasteiger charge is 2.16. The molecule has 0 saturated carbocycles. The van der Waals surface area contributed by atoms with E-state index < -0.39 is 0 Å². The summed E-state index contributed by atoms with van der Waals surface area (Å²) >= 11 is 0. The third-order valence-electron chi connectivity index (χ3n) is 5.46. The number of hydrogen-bond donors (Lipinski definition) is 1. The van der Waals surface area contributed by atoms with Crippen LogP contribution < -0.4 is 10.5 Å². The summed E-state index contributed by atoms with van der Waals surface area (Å²) in [5.74, 6) is 0.372. The average Bonchev–Trinajstić information content (AvgIpc) is 3.24. The molecule has 0 bridgehead atoms. The molecule has 0 aliphatic heterocycles. The molecule has 1 heterocycles. The summed E-state index contributed by atoms with van der Waals surface area (Å²) in [6, 6.07) is 27.3. The molecule has 0 aliphatic rings. The molecule has 34 heavy (non-hydrogen) atoms. The minimum atomic E-state index is -0.364. The second-order valence-electron chi connectivity index (χ2n) is 8.14. The maximum Gasteiger partial charge on any atom is 0.355 e. The first kappa shape index (κ1) is 25.1. The van der Waals surface area contributed by atoms with E-state index in [1.165, 1.54) is 0 Å². The fourth-order valence-corrected chi connectivity index (χ4v) is 3.60. The number of hydrogen-bond acceptors (Lipinski definition) is 4. The van der Waals surface area contributed by atoms with E-state index in [-0.39, 0.29) is 31.0 Å². The van der Waals surface area contributed by atoms with Gasteiger partial charge in [-0.3, -0.25) is 0 Å². The summed E-state index contributed by atoms with van der Waals surface area (Å²) in [4.78, 5) is 12.7. The van der Waals surface area contributed by atoms with Crippen molar-refractivity contribution in [3.05, 3.63) is 114 Å². The van der Waals surface area contributed by atoms with Gasteiger partial charge in [-0.25, -0.2) is 4.79 Å². The highest BCUT2D eigenvalue weighted by atomic mass is 35.5. The van der Waals surface area contributed by atoms with Gasteiger partial charge in [-0.2, -0.15) is 0 Å². The van der Waals surface area contributed by atoms with E-state index in [9.17, 15) is 4.79 Å². The molecule has 6 heteroatoms. The van der Waals surface area contributed by atoms with Crippen molar-refractivity contribution in [1.29, 1.82) is 0 Å². The van der Waals surface area contributed by atoms with Gasteiger partial charge in [0.2, 0.25) is 0 Å². The number of nitrogens with two attached hydrogens (primary N) is 1. The van der Waals surface area contributed by atoms with Gasteiger partial charge >= 0.3 is 5.97 Å². The number of carbonyl (C=O) groups is 1. The van der Waals surface area contributed by atoms with Crippen molar-refractivity contribution in [2.45, 2.75) is 26.2 Å². The van der Waals surface area contributed by atoms with Gasteiger partial charge in [0.25, 0.3) is 0 Å². The molecule has 0 amide bonds. The number of benzene rings is 3. The second kappa shape index (κ2) is 11.5. The minimum absolute atomic E-state index is 0. The van der Waals surface area contributed by atoms with Crippen LogP contribution in [0, 0.1) is 0 Å². The summed E-state index contributed by atoms with van der Waals surface area (Å²) in [5, 5.41) is 0. The fourth-order valence-electron chi connectivity index (χ4n) is 3.60. The number of carbonyl (C=O) groups excluding carboxylic acids is 1. The first-order valence-corrected chi connectivity index (χ1v) is 10.9. The van der Waals surface area contributed by atoms with Crippen LogP contribution >= 0.6 is 12.4 Å². The maximum absolute atomic E-state index is 12.7. The average molecular weight is 477 g/mol. The zero-order chi connectivity index (χ0) is 23.2. The molecule has 0 unspecified atom stereocenters. The van der Waals surface area contributed by atoms with Crippen molar-refractivity contribution in [2.24, 2.45) is 12.8 Å². The highest BCUT2D eigenvalue weighted by Crippen LogP contribution is 2.30. The Kier molecular flexibility index (Phi) is 8.52. The maximum atomic E-state index is 12.7. The minimum Gasteiger partial charge on any atom is -0.489 e.